The zero-order chi connectivity index (χ0) is 23.8. The van der Waals surface area contributed by atoms with Crippen molar-refractivity contribution in [1.82, 2.24) is 15.6 Å². The average Bonchev–Trinajstić information content (AvgIpc) is 2.84. The van der Waals surface area contributed by atoms with Crippen LogP contribution in [0.3, 0.4) is 0 Å². The van der Waals surface area contributed by atoms with Crippen LogP contribution in [0.15, 0.2) is 48.7 Å². The lowest BCUT2D eigenvalue weighted by Crippen LogP contribution is -2.39. The van der Waals surface area contributed by atoms with Gasteiger partial charge < -0.3 is 20.1 Å². The number of aryl methyl sites for hydroxylation is 1. The number of carbonyl (C=O) groups is 2. The van der Waals surface area contributed by atoms with E-state index >= 15 is 0 Å². The van der Waals surface area contributed by atoms with E-state index in [4.69, 9.17) is 9.47 Å². The molecule has 0 aliphatic carbocycles. The fourth-order valence-electron chi connectivity index (χ4n) is 3.81. The molecule has 1 unspecified atom stereocenters. The lowest BCUT2D eigenvalue weighted by atomic mass is 9.97. The maximum Gasteiger partial charge on any atom is 0.253 e. The van der Waals surface area contributed by atoms with Gasteiger partial charge in [0.25, 0.3) is 5.91 Å². The first kappa shape index (κ1) is 24.0. The summed E-state index contributed by atoms with van der Waals surface area (Å²) in [5.41, 5.74) is 3.03. The van der Waals surface area contributed by atoms with Gasteiger partial charge in [0, 0.05) is 11.6 Å². The van der Waals surface area contributed by atoms with Crippen molar-refractivity contribution in [3.05, 3.63) is 65.4 Å². The molecule has 2 N–H and O–H groups in total. The molecule has 2 amide bonds. The molecule has 0 fully saturated rings. The Morgan fingerprint density at radius 2 is 1.76 bits per heavy atom. The number of nitrogens with zero attached hydrogens (tertiary/aromatic N) is 1. The molecule has 7 heteroatoms. The molecule has 0 saturated carbocycles. The summed E-state index contributed by atoms with van der Waals surface area (Å²) in [5, 5.41) is 6.60. The molecular formula is C26H31N3O4. The van der Waals surface area contributed by atoms with Crippen molar-refractivity contribution in [2.24, 2.45) is 0 Å². The number of rotatable bonds is 10. The van der Waals surface area contributed by atoms with Crippen LogP contribution in [-0.2, 0) is 4.79 Å². The molecule has 0 saturated heterocycles. The molecule has 1 heterocycles. The maximum atomic E-state index is 12.8. The molecule has 3 rings (SSSR count). The van der Waals surface area contributed by atoms with Gasteiger partial charge in [-0.15, -0.1) is 0 Å². The number of amides is 2. The smallest absolute Gasteiger partial charge is 0.253 e. The Bertz CT molecular complexity index is 1100. The van der Waals surface area contributed by atoms with Crippen molar-refractivity contribution in [3.63, 3.8) is 0 Å². The zero-order valence-corrected chi connectivity index (χ0v) is 19.6. The highest BCUT2D eigenvalue weighted by atomic mass is 16.5. The lowest BCUT2D eigenvalue weighted by Gasteiger charge is -2.24. The molecule has 1 atom stereocenters. The van der Waals surface area contributed by atoms with Crippen molar-refractivity contribution in [2.75, 3.05) is 20.8 Å². The maximum absolute atomic E-state index is 12.8. The first-order valence-electron chi connectivity index (χ1n) is 11.1. The minimum atomic E-state index is -0.348. The molecule has 0 radical (unpaired) electrons. The van der Waals surface area contributed by atoms with Gasteiger partial charge in [0.05, 0.1) is 43.4 Å². The fraction of sp³-hybridized carbons (Fsp3) is 0.346. The molecule has 0 bridgehead atoms. The fourth-order valence-corrected chi connectivity index (χ4v) is 3.81. The number of unbranched alkanes of at least 4 members (excludes halogenated alkanes) is 1. The minimum Gasteiger partial charge on any atom is -0.496 e. The van der Waals surface area contributed by atoms with E-state index in [9.17, 15) is 9.59 Å². The lowest BCUT2D eigenvalue weighted by molar-refractivity contribution is -0.120. The van der Waals surface area contributed by atoms with Crippen LogP contribution in [-0.4, -0.2) is 37.6 Å². The number of nitrogens with one attached hydrogen (secondary N) is 2. The van der Waals surface area contributed by atoms with Crippen LogP contribution in [0.25, 0.3) is 10.9 Å². The van der Waals surface area contributed by atoms with E-state index in [1.807, 2.05) is 43.3 Å². The van der Waals surface area contributed by atoms with Crippen LogP contribution < -0.4 is 20.1 Å². The van der Waals surface area contributed by atoms with E-state index in [1.54, 1.807) is 20.3 Å². The largest absolute Gasteiger partial charge is 0.496 e. The number of benzene rings is 2. The van der Waals surface area contributed by atoms with Gasteiger partial charge in [-0.2, -0.15) is 0 Å². The highest BCUT2D eigenvalue weighted by Gasteiger charge is 2.23. The van der Waals surface area contributed by atoms with Crippen LogP contribution >= 0.6 is 0 Å². The second kappa shape index (κ2) is 11.3. The normalized spacial score (nSPS) is 11.6. The molecule has 7 nitrogen and oxygen atoms in total. The predicted molar refractivity (Wildman–Crippen MR) is 129 cm³/mol. The van der Waals surface area contributed by atoms with Gasteiger partial charge in [-0.3, -0.25) is 14.6 Å². The monoisotopic (exact) mass is 449 g/mol. The first-order chi connectivity index (χ1) is 16.0. The number of fused-ring (bicyclic) bond motifs is 1. The molecule has 33 heavy (non-hydrogen) atoms. The van der Waals surface area contributed by atoms with Crippen molar-refractivity contribution in [3.8, 4) is 11.5 Å². The third-order valence-electron chi connectivity index (χ3n) is 5.48. The number of aromatic nitrogens is 1. The van der Waals surface area contributed by atoms with E-state index < -0.39 is 0 Å². The molecule has 0 aliphatic rings. The summed E-state index contributed by atoms with van der Waals surface area (Å²) < 4.78 is 11.2. The topological polar surface area (TPSA) is 89.6 Å². The Kier molecular flexibility index (Phi) is 8.24. The number of hydrogen-bond donors (Lipinski definition) is 2. The van der Waals surface area contributed by atoms with Crippen molar-refractivity contribution in [1.29, 1.82) is 0 Å². The van der Waals surface area contributed by atoms with Crippen LogP contribution in [0.4, 0.5) is 0 Å². The van der Waals surface area contributed by atoms with Crippen molar-refractivity contribution in [2.45, 2.75) is 39.2 Å². The van der Waals surface area contributed by atoms with E-state index in [-0.39, 0.29) is 24.4 Å². The van der Waals surface area contributed by atoms with E-state index in [0.717, 1.165) is 41.3 Å². The van der Waals surface area contributed by atoms with E-state index in [1.165, 1.54) is 6.20 Å². The van der Waals surface area contributed by atoms with Gasteiger partial charge in [-0.25, -0.2) is 0 Å². The Hall–Kier alpha value is -3.61. The van der Waals surface area contributed by atoms with Gasteiger partial charge in [-0.05, 0) is 43.2 Å². The minimum absolute atomic E-state index is 0.148. The SMILES string of the molecule is CCCCC(NC(=O)CNC(=O)c1cnc2ccccc2c1)c1c(OC)cc(C)cc1OC. The first-order valence-corrected chi connectivity index (χ1v) is 11.1. The summed E-state index contributed by atoms with van der Waals surface area (Å²) in [7, 11) is 3.21. The van der Waals surface area contributed by atoms with Crippen LogP contribution in [0.5, 0.6) is 11.5 Å². The predicted octanol–water partition coefficient (Wildman–Crippen LogP) is 4.34. The average molecular weight is 450 g/mol. The summed E-state index contributed by atoms with van der Waals surface area (Å²) in [6, 6.07) is 12.9. The number of hydrogen-bond acceptors (Lipinski definition) is 5. The highest BCUT2D eigenvalue weighted by molar-refractivity contribution is 5.98. The molecule has 174 valence electrons. The molecule has 1 aromatic heterocycles. The Balaban J connectivity index is 1.72. The third-order valence-corrected chi connectivity index (χ3v) is 5.48. The third kappa shape index (κ3) is 6.00. The van der Waals surface area contributed by atoms with Crippen LogP contribution in [0.1, 0.15) is 53.7 Å². The summed E-state index contributed by atoms with van der Waals surface area (Å²) in [6.07, 6.45) is 4.14. The number of methoxy groups -OCH3 is 2. The summed E-state index contributed by atoms with van der Waals surface area (Å²) >= 11 is 0. The Morgan fingerprint density at radius 1 is 1.06 bits per heavy atom. The zero-order valence-electron chi connectivity index (χ0n) is 19.6. The number of pyridine rings is 1. The van der Waals surface area contributed by atoms with Crippen molar-refractivity contribution >= 4 is 22.7 Å². The van der Waals surface area contributed by atoms with E-state index in [2.05, 4.69) is 22.5 Å². The van der Waals surface area contributed by atoms with Gasteiger partial charge in [0.15, 0.2) is 0 Å². The van der Waals surface area contributed by atoms with Crippen LogP contribution in [0.2, 0.25) is 0 Å². The molecule has 2 aromatic carbocycles. The second-order valence-electron chi connectivity index (χ2n) is 7.94. The standard InChI is InChI=1S/C26H31N3O4/c1-5-6-10-21(25-22(32-3)12-17(2)13-23(25)33-4)29-24(30)16-28-26(31)19-14-18-9-7-8-11-20(18)27-15-19/h7-9,11-15,21H,5-6,10,16H2,1-4H3,(H,28,31)(H,29,30). The van der Waals surface area contributed by atoms with Gasteiger partial charge in [0.2, 0.25) is 5.91 Å². The highest BCUT2D eigenvalue weighted by Crippen LogP contribution is 2.37. The van der Waals surface area contributed by atoms with E-state index in [0.29, 0.717) is 17.1 Å². The molecule has 0 spiro atoms. The van der Waals surface area contributed by atoms with Gasteiger partial charge >= 0.3 is 0 Å². The summed E-state index contributed by atoms with van der Waals surface area (Å²) in [5.74, 6) is 0.695. The Morgan fingerprint density at radius 3 is 2.42 bits per heavy atom. The second-order valence-corrected chi connectivity index (χ2v) is 7.94. The summed E-state index contributed by atoms with van der Waals surface area (Å²) in [4.78, 5) is 29.7. The molecular weight excluding hydrogens is 418 g/mol. The van der Waals surface area contributed by atoms with Gasteiger partial charge in [-0.1, -0.05) is 38.0 Å². The quantitative estimate of drug-likeness (QED) is 0.481. The van der Waals surface area contributed by atoms with Crippen LogP contribution in [0, 0.1) is 6.92 Å². The molecule has 3 aromatic rings. The number of carbonyl (C=O) groups excluding carboxylic acids is 2. The van der Waals surface area contributed by atoms with Crippen molar-refractivity contribution < 1.29 is 19.1 Å². The Labute approximate surface area is 194 Å². The summed E-state index contributed by atoms with van der Waals surface area (Å²) in [6.45, 7) is 3.91. The molecule has 0 aliphatic heterocycles. The number of ether oxygens (including phenoxy) is 2. The van der Waals surface area contributed by atoms with Gasteiger partial charge in [0.1, 0.15) is 11.5 Å². The number of para-hydroxylation sites is 1.